The molecule has 0 bridgehead atoms. The van der Waals surface area contributed by atoms with E-state index >= 15 is 0 Å². The first-order valence-electron chi connectivity index (χ1n) is 3.01. The topological polar surface area (TPSA) is 60.2 Å². The monoisotopic (exact) mass is 148 g/mol. The second-order valence-electron chi connectivity index (χ2n) is 2.04. The second-order valence-corrected chi connectivity index (χ2v) is 2.04. The summed E-state index contributed by atoms with van der Waals surface area (Å²) in [6, 6.07) is 1.62. The highest BCUT2D eigenvalue weighted by atomic mass is 16.1. The van der Waals surface area contributed by atoms with Crippen LogP contribution < -0.4 is 0 Å². The van der Waals surface area contributed by atoms with Crippen molar-refractivity contribution in [3.8, 4) is 0 Å². The van der Waals surface area contributed by atoms with Crippen molar-refractivity contribution in [2.45, 2.75) is 0 Å². The first-order chi connectivity index (χ1) is 5.40. The third-order valence-electron chi connectivity index (χ3n) is 1.32. The maximum Gasteiger partial charge on any atom is 0.178 e. The van der Waals surface area contributed by atoms with Crippen LogP contribution in [0.15, 0.2) is 18.6 Å². The first kappa shape index (κ1) is 5.96. The molecule has 0 radical (unpaired) electrons. The lowest BCUT2D eigenvalue weighted by Gasteiger charge is -1.89. The molecule has 0 spiro atoms. The van der Waals surface area contributed by atoms with Crippen molar-refractivity contribution in [2.75, 3.05) is 0 Å². The number of nitrogens with zero attached hydrogens (tertiary/aromatic N) is 4. The number of carbonyl (C=O) groups is 1. The molecule has 0 aliphatic heterocycles. The molecule has 2 aromatic heterocycles. The molecule has 11 heavy (non-hydrogen) atoms. The maximum absolute atomic E-state index is 10.3. The summed E-state index contributed by atoms with van der Waals surface area (Å²) in [5.74, 6) is 0. The van der Waals surface area contributed by atoms with Crippen LogP contribution >= 0.6 is 0 Å². The lowest BCUT2D eigenvalue weighted by molar-refractivity contribution is 0.112. The van der Waals surface area contributed by atoms with Gasteiger partial charge in [0.25, 0.3) is 0 Å². The number of hydrogen-bond donors (Lipinski definition) is 0. The zero-order chi connectivity index (χ0) is 7.68. The summed E-state index contributed by atoms with van der Waals surface area (Å²) in [7, 11) is 0. The van der Waals surface area contributed by atoms with Gasteiger partial charge in [0.15, 0.2) is 11.9 Å². The normalized spacial score (nSPS) is 10.2. The zero-order valence-electron chi connectivity index (χ0n) is 5.51. The van der Waals surface area contributed by atoms with Crippen molar-refractivity contribution >= 4 is 11.9 Å². The van der Waals surface area contributed by atoms with Gasteiger partial charge in [0.05, 0.1) is 6.20 Å². The van der Waals surface area contributed by atoms with E-state index in [1.165, 1.54) is 17.0 Å². The summed E-state index contributed by atoms with van der Waals surface area (Å²) in [6.45, 7) is 0. The van der Waals surface area contributed by atoms with Gasteiger partial charge in [-0.1, -0.05) is 0 Å². The van der Waals surface area contributed by atoms with Crippen molar-refractivity contribution < 1.29 is 4.79 Å². The summed E-state index contributed by atoms with van der Waals surface area (Å²) >= 11 is 0. The van der Waals surface area contributed by atoms with Gasteiger partial charge in [-0.15, -0.1) is 10.2 Å². The number of fused-ring (bicyclic) bond motifs is 1. The number of hydrogen-bond acceptors (Lipinski definition) is 4. The number of rotatable bonds is 1. The smallest absolute Gasteiger partial charge is 0.178 e. The van der Waals surface area contributed by atoms with Crippen LogP contribution in [0.4, 0.5) is 0 Å². The van der Waals surface area contributed by atoms with Crippen LogP contribution in [0, 0.1) is 0 Å². The third kappa shape index (κ3) is 0.861. The third-order valence-corrected chi connectivity index (χ3v) is 1.32. The molecule has 0 aromatic carbocycles. The zero-order valence-corrected chi connectivity index (χ0v) is 5.51. The molecule has 54 valence electrons. The molecule has 0 saturated carbocycles. The lowest BCUT2D eigenvalue weighted by Crippen LogP contribution is -1.91. The van der Waals surface area contributed by atoms with Gasteiger partial charge in [0, 0.05) is 5.56 Å². The summed E-state index contributed by atoms with van der Waals surface area (Å²) in [6.07, 6.45) is 3.66. The summed E-state index contributed by atoms with van der Waals surface area (Å²) in [4.78, 5) is 10.3. The molecule has 0 N–H and O–H groups in total. The largest absolute Gasteiger partial charge is 0.298 e. The van der Waals surface area contributed by atoms with Gasteiger partial charge < -0.3 is 0 Å². The van der Waals surface area contributed by atoms with Crippen molar-refractivity contribution in [3.63, 3.8) is 0 Å². The van der Waals surface area contributed by atoms with Crippen LogP contribution in [0.2, 0.25) is 0 Å². The van der Waals surface area contributed by atoms with Crippen molar-refractivity contribution in [1.82, 2.24) is 19.8 Å². The molecule has 5 heteroatoms. The molecular formula is C6H4N4O. The molecule has 0 aliphatic rings. The van der Waals surface area contributed by atoms with E-state index in [0.717, 1.165) is 6.29 Å². The average Bonchev–Trinajstić information content (AvgIpc) is 2.50. The van der Waals surface area contributed by atoms with Crippen LogP contribution in [-0.2, 0) is 0 Å². The second kappa shape index (κ2) is 2.12. The predicted octanol–water partition coefficient (Wildman–Crippen LogP) is -0.0632. The molecule has 2 aromatic rings. The predicted molar refractivity (Wildman–Crippen MR) is 36.2 cm³/mol. The van der Waals surface area contributed by atoms with Gasteiger partial charge in [-0.05, 0) is 6.07 Å². The van der Waals surface area contributed by atoms with Gasteiger partial charge in [-0.25, -0.2) is 4.52 Å². The van der Waals surface area contributed by atoms with E-state index in [9.17, 15) is 4.79 Å². The van der Waals surface area contributed by atoms with E-state index in [1.807, 2.05) is 0 Å². The number of aromatic nitrogens is 4. The summed E-state index contributed by atoms with van der Waals surface area (Å²) in [5, 5.41) is 11.2. The Morgan fingerprint density at radius 3 is 3.27 bits per heavy atom. The van der Waals surface area contributed by atoms with Crippen LogP contribution in [0.3, 0.4) is 0 Å². The maximum atomic E-state index is 10.3. The Morgan fingerprint density at radius 1 is 1.55 bits per heavy atom. The molecule has 0 aliphatic carbocycles. The fourth-order valence-corrected chi connectivity index (χ4v) is 0.802. The first-order valence-corrected chi connectivity index (χ1v) is 3.01. The quantitative estimate of drug-likeness (QED) is 0.531. The van der Waals surface area contributed by atoms with Gasteiger partial charge in [-0.2, -0.15) is 5.10 Å². The van der Waals surface area contributed by atoms with Crippen molar-refractivity contribution in [2.24, 2.45) is 0 Å². The van der Waals surface area contributed by atoms with E-state index in [4.69, 9.17) is 0 Å². The average molecular weight is 148 g/mol. The Labute approximate surface area is 61.7 Å². The Morgan fingerprint density at radius 2 is 2.45 bits per heavy atom. The van der Waals surface area contributed by atoms with E-state index in [1.54, 1.807) is 6.07 Å². The highest BCUT2D eigenvalue weighted by molar-refractivity contribution is 5.75. The highest BCUT2D eigenvalue weighted by Gasteiger charge is 1.96. The van der Waals surface area contributed by atoms with Crippen LogP contribution in [0.5, 0.6) is 0 Å². The van der Waals surface area contributed by atoms with E-state index < -0.39 is 0 Å². The van der Waals surface area contributed by atoms with Crippen molar-refractivity contribution in [1.29, 1.82) is 0 Å². The minimum Gasteiger partial charge on any atom is -0.298 e. The molecule has 0 saturated heterocycles. The van der Waals surface area contributed by atoms with Gasteiger partial charge in [-0.3, -0.25) is 4.79 Å². The molecule has 5 nitrogen and oxygen atoms in total. The minimum absolute atomic E-state index is 0.505. The Balaban J connectivity index is 2.76. The minimum atomic E-state index is 0.505. The number of aldehydes is 1. The molecule has 0 amide bonds. The van der Waals surface area contributed by atoms with Crippen LogP contribution in [0.1, 0.15) is 10.4 Å². The molecule has 2 heterocycles. The van der Waals surface area contributed by atoms with Gasteiger partial charge in [0.2, 0.25) is 0 Å². The highest BCUT2D eigenvalue weighted by Crippen LogP contribution is 1.97. The molecule has 0 atom stereocenters. The van der Waals surface area contributed by atoms with E-state index in [0.29, 0.717) is 11.2 Å². The van der Waals surface area contributed by atoms with E-state index in [-0.39, 0.29) is 0 Å². The molecule has 0 unspecified atom stereocenters. The summed E-state index contributed by atoms with van der Waals surface area (Å²) in [5.41, 5.74) is 1.08. The fraction of sp³-hybridized carbons (Fsp3) is 0. The van der Waals surface area contributed by atoms with Crippen LogP contribution in [-0.4, -0.2) is 26.1 Å². The number of carbonyl (C=O) groups excluding carboxylic acids is 1. The Hall–Kier alpha value is -1.78. The standard InChI is InChI=1S/C6H4N4O/c11-3-5-1-6-9-7-4-10(6)8-2-5/h1-4H. The fourth-order valence-electron chi connectivity index (χ4n) is 0.802. The van der Waals surface area contributed by atoms with Gasteiger partial charge in [0.1, 0.15) is 6.33 Å². The summed E-state index contributed by atoms with van der Waals surface area (Å²) < 4.78 is 1.49. The lowest BCUT2D eigenvalue weighted by atomic mass is 10.3. The molecular weight excluding hydrogens is 144 g/mol. The Kier molecular flexibility index (Phi) is 1.15. The molecule has 0 fully saturated rings. The van der Waals surface area contributed by atoms with Crippen molar-refractivity contribution in [3.05, 3.63) is 24.2 Å². The van der Waals surface area contributed by atoms with Crippen LogP contribution in [0.25, 0.3) is 5.65 Å². The molecule has 2 rings (SSSR count). The Bertz CT molecular complexity index is 394. The van der Waals surface area contributed by atoms with E-state index in [2.05, 4.69) is 15.3 Å². The van der Waals surface area contributed by atoms with Gasteiger partial charge >= 0.3 is 0 Å². The SMILES string of the molecule is O=Cc1cnn2cnnc2c1.